The zero-order chi connectivity index (χ0) is 19.9. The SMILES string of the molecule is C[C@@H](NC(=O)Nc1ccc([N+](=O)[O-])cc1)[C@H](c1ccccc1)[NH+]1CCOCC1. The summed E-state index contributed by atoms with van der Waals surface area (Å²) in [5, 5.41) is 16.5. The third-order valence-electron chi connectivity index (χ3n) is 4.93. The van der Waals surface area contributed by atoms with Gasteiger partial charge in [0.05, 0.1) is 24.2 Å². The number of amides is 2. The minimum atomic E-state index is -0.471. The number of rotatable bonds is 6. The van der Waals surface area contributed by atoms with Crippen LogP contribution in [0.5, 0.6) is 0 Å². The van der Waals surface area contributed by atoms with Gasteiger partial charge in [-0.3, -0.25) is 10.1 Å². The summed E-state index contributed by atoms with van der Waals surface area (Å²) in [5.74, 6) is 0. The number of nitro groups is 1. The van der Waals surface area contributed by atoms with E-state index in [1.54, 1.807) is 0 Å². The summed E-state index contributed by atoms with van der Waals surface area (Å²) in [4.78, 5) is 24.1. The van der Waals surface area contributed by atoms with E-state index >= 15 is 0 Å². The fourth-order valence-electron chi connectivity index (χ4n) is 3.61. The molecule has 3 N–H and O–H groups in total. The quantitative estimate of drug-likeness (QED) is 0.521. The number of anilines is 1. The van der Waals surface area contributed by atoms with Crippen LogP contribution in [0.1, 0.15) is 18.5 Å². The minimum Gasteiger partial charge on any atom is -0.370 e. The minimum absolute atomic E-state index is 0.0145. The first-order valence-corrected chi connectivity index (χ1v) is 9.34. The number of benzene rings is 2. The Morgan fingerprint density at radius 3 is 2.36 bits per heavy atom. The molecule has 8 nitrogen and oxygen atoms in total. The predicted octanol–water partition coefficient (Wildman–Crippen LogP) is 1.76. The Bertz CT molecular complexity index is 792. The second-order valence-electron chi connectivity index (χ2n) is 6.85. The number of ether oxygens (including phenoxy) is 1. The number of nitrogens with zero attached hydrogens (tertiary/aromatic N) is 1. The molecule has 28 heavy (non-hydrogen) atoms. The van der Waals surface area contributed by atoms with Crippen molar-refractivity contribution in [1.29, 1.82) is 0 Å². The number of morpholine rings is 1. The van der Waals surface area contributed by atoms with E-state index < -0.39 is 4.92 Å². The third-order valence-corrected chi connectivity index (χ3v) is 4.93. The fourth-order valence-corrected chi connectivity index (χ4v) is 3.61. The molecule has 0 bridgehead atoms. The summed E-state index contributed by atoms with van der Waals surface area (Å²) >= 11 is 0. The number of urea groups is 1. The molecule has 1 aliphatic heterocycles. The van der Waals surface area contributed by atoms with Crippen LogP contribution in [-0.2, 0) is 4.74 Å². The molecule has 0 spiro atoms. The van der Waals surface area contributed by atoms with Crippen molar-refractivity contribution >= 4 is 17.4 Å². The number of non-ortho nitro benzene ring substituents is 1. The van der Waals surface area contributed by atoms with Gasteiger partial charge in [0, 0.05) is 23.4 Å². The van der Waals surface area contributed by atoms with Gasteiger partial charge in [0.25, 0.3) is 5.69 Å². The Balaban J connectivity index is 1.67. The van der Waals surface area contributed by atoms with Gasteiger partial charge in [-0.1, -0.05) is 30.3 Å². The molecule has 1 aliphatic rings. The van der Waals surface area contributed by atoms with Crippen LogP contribution >= 0.6 is 0 Å². The molecule has 0 saturated carbocycles. The molecule has 0 aromatic heterocycles. The highest BCUT2D eigenvalue weighted by Gasteiger charge is 2.32. The molecule has 2 aromatic rings. The molecule has 1 heterocycles. The molecule has 0 aliphatic carbocycles. The molecule has 2 aromatic carbocycles. The van der Waals surface area contributed by atoms with E-state index in [2.05, 4.69) is 22.8 Å². The smallest absolute Gasteiger partial charge is 0.319 e. The topological polar surface area (TPSA) is 97.9 Å². The maximum atomic E-state index is 12.5. The van der Waals surface area contributed by atoms with Crippen molar-refractivity contribution in [2.45, 2.75) is 19.0 Å². The normalized spacial score (nSPS) is 16.8. The Labute approximate surface area is 163 Å². The van der Waals surface area contributed by atoms with Crippen LogP contribution in [0.2, 0.25) is 0 Å². The number of hydrogen-bond acceptors (Lipinski definition) is 4. The van der Waals surface area contributed by atoms with Gasteiger partial charge in [0.2, 0.25) is 0 Å². The van der Waals surface area contributed by atoms with E-state index in [0.29, 0.717) is 18.9 Å². The first-order valence-electron chi connectivity index (χ1n) is 9.34. The van der Waals surface area contributed by atoms with Gasteiger partial charge in [-0.25, -0.2) is 4.79 Å². The number of nitro benzene ring substituents is 1. The summed E-state index contributed by atoms with van der Waals surface area (Å²) in [6, 6.07) is 15.6. The van der Waals surface area contributed by atoms with Crippen molar-refractivity contribution < 1.29 is 19.4 Å². The Kier molecular flexibility index (Phi) is 6.57. The predicted molar refractivity (Wildman–Crippen MR) is 105 cm³/mol. The van der Waals surface area contributed by atoms with E-state index in [9.17, 15) is 14.9 Å². The average molecular weight is 385 g/mol. The van der Waals surface area contributed by atoms with Crippen molar-refractivity contribution in [1.82, 2.24) is 5.32 Å². The maximum Gasteiger partial charge on any atom is 0.319 e. The van der Waals surface area contributed by atoms with Crippen LogP contribution in [0.25, 0.3) is 0 Å². The molecule has 1 saturated heterocycles. The number of nitrogens with one attached hydrogen (secondary N) is 3. The van der Waals surface area contributed by atoms with Gasteiger partial charge in [0.15, 0.2) is 0 Å². The van der Waals surface area contributed by atoms with Crippen molar-refractivity contribution in [3.63, 3.8) is 0 Å². The van der Waals surface area contributed by atoms with Crippen molar-refractivity contribution in [3.05, 3.63) is 70.3 Å². The second kappa shape index (κ2) is 9.29. The van der Waals surface area contributed by atoms with E-state index in [1.807, 2.05) is 25.1 Å². The molecular weight excluding hydrogens is 360 g/mol. The van der Waals surface area contributed by atoms with E-state index in [-0.39, 0.29) is 23.8 Å². The summed E-state index contributed by atoms with van der Waals surface area (Å²) in [6.07, 6.45) is 0. The summed E-state index contributed by atoms with van der Waals surface area (Å²) in [6.45, 7) is 5.18. The van der Waals surface area contributed by atoms with Gasteiger partial charge < -0.3 is 20.3 Å². The standard InChI is InChI=1S/C20H24N4O4/c1-15(21-20(25)22-17-7-9-18(10-8-17)24(26)27)19(16-5-3-2-4-6-16)23-11-13-28-14-12-23/h2-10,15,19H,11-14H2,1H3,(H2,21,22,25)/p+1/t15-,19-/m1/s1. The van der Waals surface area contributed by atoms with Crippen molar-refractivity contribution in [2.24, 2.45) is 0 Å². The van der Waals surface area contributed by atoms with E-state index in [0.717, 1.165) is 13.1 Å². The molecule has 2 atom stereocenters. The van der Waals surface area contributed by atoms with Gasteiger partial charge in [-0.05, 0) is 19.1 Å². The molecule has 1 fully saturated rings. The van der Waals surface area contributed by atoms with Gasteiger partial charge in [-0.15, -0.1) is 0 Å². The number of quaternary nitrogens is 1. The Morgan fingerprint density at radius 2 is 1.75 bits per heavy atom. The van der Waals surface area contributed by atoms with Crippen molar-refractivity contribution in [2.75, 3.05) is 31.6 Å². The zero-order valence-electron chi connectivity index (χ0n) is 15.8. The first kappa shape index (κ1) is 19.8. The Morgan fingerprint density at radius 1 is 1.11 bits per heavy atom. The molecule has 148 valence electrons. The number of carbonyl (C=O) groups is 1. The van der Waals surface area contributed by atoms with E-state index in [4.69, 9.17) is 4.74 Å². The molecular formula is C20H25N4O4+. The summed E-state index contributed by atoms with van der Waals surface area (Å²) in [5.41, 5.74) is 1.66. The molecule has 0 unspecified atom stereocenters. The highest BCUT2D eigenvalue weighted by molar-refractivity contribution is 5.89. The lowest BCUT2D eigenvalue weighted by Gasteiger charge is -2.35. The first-order chi connectivity index (χ1) is 13.5. The lowest BCUT2D eigenvalue weighted by molar-refractivity contribution is -0.940. The zero-order valence-corrected chi connectivity index (χ0v) is 15.8. The molecule has 2 amide bonds. The van der Waals surface area contributed by atoms with Crippen LogP contribution in [0.4, 0.5) is 16.2 Å². The van der Waals surface area contributed by atoms with Crippen LogP contribution in [-0.4, -0.2) is 43.3 Å². The lowest BCUT2D eigenvalue weighted by Crippen LogP contribution is -3.15. The van der Waals surface area contributed by atoms with Gasteiger partial charge >= 0.3 is 6.03 Å². The van der Waals surface area contributed by atoms with E-state index in [1.165, 1.54) is 34.7 Å². The lowest BCUT2D eigenvalue weighted by atomic mass is 9.98. The maximum absolute atomic E-state index is 12.5. The van der Waals surface area contributed by atoms with Crippen LogP contribution in [0.3, 0.4) is 0 Å². The summed E-state index contributed by atoms with van der Waals surface area (Å²) in [7, 11) is 0. The molecule has 3 rings (SSSR count). The highest BCUT2D eigenvalue weighted by atomic mass is 16.6. The Hall–Kier alpha value is -2.97. The third kappa shape index (κ3) is 5.05. The van der Waals surface area contributed by atoms with Gasteiger partial charge in [0.1, 0.15) is 19.1 Å². The van der Waals surface area contributed by atoms with Crippen LogP contribution < -0.4 is 15.5 Å². The van der Waals surface area contributed by atoms with Gasteiger partial charge in [-0.2, -0.15) is 0 Å². The monoisotopic (exact) mass is 385 g/mol. The van der Waals surface area contributed by atoms with Crippen LogP contribution in [0, 0.1) is 10.1 Å². The molecule has 0 radical (unpaired) electrons. The highest BCUT2D eigenvalue weighted by Crippen LogP contribution is 2.17. The average Bonchev–Trinajstić information content (AvgIpc) is 2.70. The molecule has 8 heteroatoms. The number of carbonyl (C=O) groups excluding carboxylic acids is 1. The largest absolute Gasteiger partial charge is 0.370 e. The second-order valence-corrected chi connectivity index (χ2v) is 6.85. The fraction of sp³-hybridized carbons (Fsp3) is 0.350. The van der Waals surface area contributed by atoms with Crippen LogP contribution in [0.15, 0.2) is 54.6 Å². The number of hydrogen-bond donors (Lipinski definition) is 3. The summed E-state index contributed by atoms with van der Waals surface area (Å²) < 4.78 is 5.48. The van der Waals surface area contributed by atoms with Crippen molar-refractivity contribution in [3.8, 4) is 0 Å².